The maximum absolute atomic E-state index is 6.75. The smallest absolute Gasteiger partial charge is 0.196 e. The summed E-state index contributed by atoms with van der Waals surface area (Å²) in [6.07, 6.45) is -0.277. The summed E-state index contributed by atoms with van der Waals surface area (Å²) in [5.74, 6) is 2.73. The van der Waals surface area contributed by atoms with E-state index >= 15 is 0 Å². The highest BCUT2D eigenvalue weighted by Crippen LogP contribution is 2.49. The summed E-state index contributed by atoms with van der Waals surface area (Å²) in [5.41, 5.74) is 9.36. The quantitative estimate of drug-likeness (QED) is 0.170. The summed E-state index contributed by atoms with van der Waals surface area (Å²) in [4.78, 5) is 15.5. The number of ether oxygens (including phenoxy) is 1. The number of hydrogen-bond donors (Lipinski definition) is 1. The van der Waals surface area contributed by atoms with Crippen LogP contribution < -0.4 is 10.1 Å². The predicted molar refractivity (Wildman–Crippen MR) is 250 cm³/mol. The molecule has 2 heterocycles. The molecule has 0 bridgehead atoms. The van der Waals surface area contributed by atoms with Gasteiger partial charge in [0, 0.05) is 33.0 Å². The second kappa shape index (κ2) is 14.3. The monoisotopic (exact) mass is 780 g/mol. The van der Waals surface area contributed by atoms with Crippen molar-refractivity contribution in [3.8, 4) is 62.2 Å². The topological polar surface area (TPSA) is 59.9 Å². The highest BCUT2D eigenvalue weighted by molar-refractivity contribution is 6.18. The van der Waals surface area contributed by atoms with Crippen LogP contribution in [0.25, 0.3) is 99.5 Å². The molecule has 1 aliphatic heterocycles. The van der Waals surface area contributed by atoms with E-state index in [-0.39, 0.29) is 6.23 Å². The number of fused-ring (bicyclic) bond motifs is 8. The van der Waals surface area contributed by atoms with Crippen molar-refractivity contribution in [2.45, 2.75) is 6.23 Å². The minimum absolute atomic E-state index is 0.277. The second-order valence-electron chi connectivity index (χ2n) is 15.6. The highest BCUT2D eigenvalue weighted by Gasteiger charge is 2.28. The first-order valence-electron chi connectivity index (χ1n) is 20.6. The van der Waals surface area contributed by atoms with Crippen molar-refractivity contribution in [1.29, 1.82) is 0 Å². The van der Waals surface area contributed by atoms with Crippen LogP contribution in [0.4, 0.5) is 5.69 Å². The number of aromatic nitrogens is 3. The number of anilines is 1. The van der Waals surface area contributed by atoms with Gasteiger partial charge in [0.05, 0.1) is 5.69 Å². The second-order valence-corrected chi connectivity index (χ2v) is 15.6. The molecule has 1 unspecified atom stereocenters. The Bertz CT molecular complexity index is 3480. The van der Waals surface area contributed by atoms with Crippen molar-refractivity contribution in [3.05, 3.63) is 212 Å². The minimum Gasteiger partial charge on any atom is -0.464 e. The van der Waals surface area contributed by atoms with Crippen LogP contribution in [0.1, 0.15) is 11.8 Å². The van der Waals surface area contributed by atoms with Gasteiger partial charge in [0.1, 0.15) is 0 Å². The average molecular weight is 781 g/mol. The SMILES string of the molecule is c1ccc(C2Nc3c(c4cc(-c5cccc(-c6nc(-c7ccc(-c8cccc9ccccc89)cc7)nc(-c7cccc8ccccc78)n6)c5)ccc4c4ccccc34)O2)cc1. The van der Waals surface area contributed by atoms with Gasteiger partial charge in [-0.05, 0) is 66.7 Å². The van der Waals surface area contributed by atoms with Gasteiger partial charge in [-0.3, -0.25) is 0 Å². The van der Waals surface area contributed by atoms with Crippen LogP contribution in [0, 0.1) is 0 Å². The molecule has 10 aromatic carbocycles. The zero-order valence-corrected chi connectivity index (χ0v) is 33.0. The van der Waals surface area contributed by atoms with Gasteiger partial charge in [-0.25, -0.2) is 15.0 Å². The number of benzene rings is 10. The first-order valence-corrected chi connectivity index (χ1v) is 20.6. The van der Waals surface area contributed by atoms with Crippen LogP contribution in [-0.2, 0) is 0 Å². The molecule has 0 radical (unpaired) electrons. The third-order valence-electron chi connectivity index (χ3n) is 12.0. The standard InChI is InChI=1S/C56H36N4O/c1-2-15-39(16-3-1)56-57-51-48-24-9-8-23-46(48)47-32-31-41(34-50(47)52(51)61-56)40-19-10-20-42(33-40)54-58-53(59-55(60-54)49-26-12-18-36-14-5-7-22-45(36)49)38-29-27-37(28-30-38)44-25-11-17-35-13-4-6-21-43(35)44/h1-34,56-57H. The van der Waals surface area contributed by atoms with Crippen LogP contribution in [-0.4, -0.2) is 15.0 Å². The van der Waals surface area contributed by atoms with Gasteiger partial charge in [-0.1, -0.05) is 194 Å². The molecule has 0 aliphatic carbocycles. The summed E-state index contributed by atoms with van der Waals surface area (Å²) in [7, 11) is 0. The molecule has 1 atom stereocenters. The lowest BCUT2D eigenvalue weighted by molar-refractivity contribution is 0.262. The van der Waals surface area contributed by atoms with E-state index in [1.807, 2.05) is 18.2 Å². The third kappa shape index (κ3) is 6.06. The zero-order chi connectivity index (χ0) is 40.3. The Morgan fingerprint density at radius 3 is 1.64 bits per heavy atom. The van der Waals surface area contributed by atoms with E-state index in [0.29, 0.717) is 17.5 Å². The van der Waals surface area contributed by atoms with Gasteiger partial charge < -0.3 is 10.1 Å². The van der Waals surface area contributed by atoms with Crippen LogP contribution in [0.2, 0.25) is 0 Å². The lowest BCUT2D eigenvalue weighted by atomic mass is 9.95. The van der Waals surface area contributed by atoms with Gasteiger partial charge in [0.25, 0.3) is 0 Å². The molecule has 0 amide bonds. The van der Waals surface area contributed by atoms with Crippen molar-refractivity contribution in [3.63, 3.8) is 0 Å². The van der Waals surface area contributed by atoms with Crippen molar-refractivity contribution < 1.29 is 4.74 Å². The van der Waals surface area contributed by atoms with Gasteiger partial charge in [-0.15, -0.1) is 0 Å². The molecular weight excluding hydrogens is 745 g/mol. The van der Waals surface area contributed by atoms with Gasteiger partial charge in [0.2, 0.25) is 0 Å². The van der Waals surface area contributed by atoms with Crippen LogP contribution in [0.15, 0.2) is 206 Å². The van der Waals surface area contributed by atoms with Crippen LogP contribution in [0.5, 0.6) is 5.75 Å². The fourth-order valence-electron chi connectivity index (χ4n) is 8.95. The van der Waals surface area contributed by atoms with E-state index in [9.17, 15) is 0 Å². The number of rotatable bonds is 6. The lowest BCUT2D eigenvalue weighted by Crippen LogP contribution is -2.09. The fourth-order valence-corrected chi connectivity index (χ4v) is 8.95. The normalized spacial score (nSPS) is 13.3. The van der Waals surface area contributed by atoms with E-state index < -0.39 is 0 Å². The lowest BCUT2D eigenvalue weighted by Gasteiger charge is -2.13. The molecule has 0 spiro atoms. The Balaban J connectivity index is 0.977. The van der Waals surface area contributed by atoms with Crippen molar-refractivity contribution >= 4 is 48.8 Å². The molecule has 61 heavy (non-hydrogen) atoms. The average Bonchev–Trinajstić information content (AvgIpc) is 3.80. The Hall–Kier alpha value is -8.15. The molecule has 0 saturated carbocycles. The number of hydrogen-bond acceptors (Lipinski definition) is 5. The van der Waals surface area contributed by atoms with Gasteiger partial charge in [-0.2, -0.15) is 0 Å². The molecule has 1 N–H and O–H groups in total. The van der Waals surface area contributed by atoms with Crippen molar-refractivity contribution in [2.75, 3.05) is 5.32 Å². The summed E-state index contributed by atoms with van der Waals surface area (Å²) >= 11 is 0. The van der Waals surface area contributed by atoms with Gasteiger partial charge in [0.15, 0.2) is 29.5 Å². The van der Waals surface area contributed by atoms with E-state index in [1.54, 1.807) is 0 Å². The largest absolute Gasteiger partial charge is 0.464 e. The third-order valence-corrected chi connectivity index (χ3v) is 12.0. The maximum Gasteiger partial charge on any atom is 0.196 e. The van der Waals surface area contributed by atoms with Crippen molar-refractivity contribution in [1.82, 2.24) is 15.0 Å². The van der Waals surface area contributed by atoms with E-state index in [2.05, 4.69) is 193 Å². The minimum atomic E-state index is -0.277. The number of nitrogens with one attached hydrogen (secondary N) is 1. The van der Waals surface area contributed by atoms with Crippen molar-refractivity contribution in [2.24, 2.45) is 0 Å². The van der Waals surface area contributed by atoms with Gasteiger partial charge >= 0.3 is 0 Å². The fraction of sp³-hybridized carbons (Fsp3) is 0.0179. The molecule has 1 aromatic heterocycles. The van der Waals surface area contributed by atoms with E-state index in [0.717, 1.165) is 77.3 Å². The zero-order valence-electron chi connectivity index (χ0n) is 33.0. The highest BCUT2D eigenvalue weighted by atomic mass is 16.5. The summed E-state index contributed by atoms with van der Waals surface area (Å²) < 4.78 is 6.75. The summed E-state index contributed by atoms with van der Waals surface area (Å²) in [5, 5.41) is 12.9. The first kappa shape index (κ1) is 34.9. The Labute approximate surface area is 352 Å². The molecule has 5 heteroatoms. The molecule has 0 fully saturated rings. The summed E-state index contributed by atoms with van der Waals surface area (Å²) in [6.45, 7) is 0. The Morgan fingerprint density at radius 2 is 0.869 bits per heavy atom. The maximum atomic E-state index is 6.75. The molecule has 1 aliphatic rings. The summed E-state index contributed by atoms with van der Waals surface area (Å²) in [6, 6.07) is 72.3. The number of nitrogens with zero attached hydrogens (tertiary/aromatic N) is 3. The molecule has 11 aromatic rings. The van der Waals surface area contributed by atoms with Crippen LogP contribution in [0.3, 0.4) is 0 Å². The Kier molecular flexibility index (Phi) is 8.17. The van der Waals surface area contributed by atoms with E-state index in [4.69, 9.17) is 19.7 Å². The van der Waals surface area contributed by atoms with E-state index in [1.165, 1.54) is 21.7 Å². The molecule has 12 rings (SSSR count). The predicted octanol–water partition coefficient (Wildman–Crippen LogP) is 14.3. The molecule has 5 nitrogen and oxygen atoms in total. The first-order chi connectivity index (χ1) is 30.2. The molecular formula is C56H36N4O. The molecule has 286 valence electrons. The Morgan fingerprint density at radius 1 is 0.344 bits per heavy atom. The molecule has 0 saturated heterocycles. The van der Waals surface area contributed by atoms with Crippen LogP contribution >= 0.6 is 0 Å².